The van der Waals surface area contributed by atoms with Crippen molar-refractivity contribution in [2.75, 3.05) is 12.3 Å². The first kappa shape index (κ1) is 17.6. The summed E-state index contributed by atoms with van der Waals surface area (Å²) >= 11 is 2.07. The van der Waals surface area contributed by atoms with Crippen molar-refractivity contribution < 1.29 is 0 Å². The topological polar surface area (TPSA) is 12.0 Å². The number of rotatable bonds is 9. The van der Waals surface area contributed by atoms with Gasteiger partial charge in [0.15, 0.2) is 0 Å². The van der Waals surface area contributed by atoms with E-state index in [9.17, 15) is 0 Å². The Morgan fingerprint density at radius 1 is 1.05 bits per heavy atom. The van der Waals surface area contributed by atoms with Crippen LogP contribution in [0.3, 0.4) is 0 Å². The van der Waals surface area contributed by atoms with Gasteiger partial charge in [0, 0.05) is 17.0 Å². The van der Waals surface area contributed by atoms with Gasteiger partial charge >= 0.3 is 0 Å². The first-order valence-corrected chi connectivity index (χ1v) is 9.05. The Labute approximate surface area is 129 Å². The molecule has 0 aliphatic carbocycles. The molecule has 0 heterocycles. The third-order valence-electron chi connectivity index (χ3n) is 3.60. The zero-order valence-electron chi connectivity index (χ0n) is 13.8. The highest BCUT2D eigenvalue weighted by molar-refractivity contribution is 7.99. The van der Waals surface area contributed by atoms with E-state index in [2.05, 4.69) is 76.0 Å². The van der Waals surface area contributed by atoms with Crippen LogP contribution in [0.5, 0.6) is 0 Å². The second kappa shape index (κ2) is 9.46. The van der Waals surface area contributed by atoms with Crippen LogP contribution >= 0.6 is 11.8 Å². The molecule has 1 nitrogen and oxygen atoms in total. The van der Waals surface area contributed by atoms with Gasteiger partial charge in [0.2, 0.25) is 0 Å². The molecule has 114 valence electrons. The van der Waals surface area contributed by atoms with Crippen molar-refractivity contribution in [1.82, 2.24) is 5.32 Å². The van der Waals surface area contributed by atoms with E-state index in [1.54, 1.807) is 0 Å². The molecule has 2 heteroatoms. The van der Waals surface area contributed by atoms with Gasteiger partial charge in [-0.3, -0.25) is 0 Å². The van der Waals surface area contributed by atoms with Crippen LogP contribution in [-0.2, 0) is 6.42 Å². The first-order valence-electron chi connectivity index (χ1n) is 8.00. The van der Waals surface area contributed by atoms with E-state index in [1.165, 1.54) is 24.0 Å². The maximum Gasteiger partial charge on any atom is 0.0411 e. The fraction of sp³-hybridized carbons (Fsp3) is 0.667. The van der Waals surface area contributed by atoms with Gasteiger partial charge in [0.25, 0.3) is 0 Å². The number of thioether (sulfide) groups is 1. The van der Waals surface area contributed by atoms with Crippen molar-refractivity contribution in [1.29, 1.82) is 0 Å². The molecule has 20 heavy (non-hydrogen) atoms. The zero-order chi connectivity index (χ0) is 15.0. The molecule has 0 radical (unpaired) electrons. The van der Waals surface area contributed by atoms with Crippen molar-refractivity contribution in [2.24, 2.45) is 5.92 Å². The predicted molar refractivity (Wildman–Crippen MR) is 93.6 cm³/mol. The molecule has 0 aliphatic heterocycles. The van der Waals surface area contributed by atoms with E-state index < -0.39 is 0 Å². The Hall–Kier alpha value is -0.470. The molecule has 0 saturated carbocycles. The number of nitrogens with one attached hydrogen (secondary N) is 1. The normalized spacial score (nSPS) is 14.5. The summed E-state index contributed by atoms with van der Waals surface area (Å²) in [6, 6.07) is 9.69. The van der Waals surface area contributed by atoms with E-state index in [0.717, 1.165) is 23.5 Å². The third kappa shape index (κ3) is 6.32. The molecule has 0 fully saturated rings. The summed E-state index contributed by atoms with van der Waals surface area (Å²) in [6.07, 6.45) is 2.42. The van der Waals surface area contributed by atoms with Crippen LogP contribution in [0.25, 0.3) is 0 Å². The minimum absolute atomic E-state index is 0.479. The van der Waals surface area contributed by atoms with Crippen molar-refractivity contribution in [2.45, 2.75) is 58.8 Å². The lowest BCUT2D eigenvalue weighted by Crippen LogP contribution is -2.23. The van der Waals surface area contributed by atoms with Crippen LogP contribution in [0.1, 0.15) is 58.2 Å². The van der Waals surface area contributed by atoms with Crippen LogP contribution in [0, 0.1) is 5.92 Å². The van der Waals surface area contributed by atoms with Crippen molar-refractivity contribution in [3.8, 4) is 0 Å². The fourth-order valence-corrected chi connectivity index (χ4v) is 3.32. The molecule has 0 amide bonds. The summed E-state index contributed by atoms with van der Waals surface area (Å²) in [6.45, 7) is 12.4. The molecule has 2 unspecified atom stereocenters. The van der Waals surface area contributed by atoms with Gasteiger partial charge in [-0.15, -0.1) is 0 Å². The molecule has 1 aromatic carbocycles. The molecule has 1 rings (SSSR count). The first-order chi connectivity index (χ1) is 9.56. The molecule has 2 atom stereocenters. The largest absolute Gasteiger partial charge is 0.310 e. The van der Waals surface area contributed by atoms with E-state index in [4.69, 9.17) is 0 Å². The van der Waals surface area contributed by atoms with Crippen molar-refractivity contribution >= 4 is 11.8 Å². The Kier molecular flexibility index (Phi) is 8.32. The standard InChI is InChI=1S/C18H31NS/c1-6-15(5)20-13-18(19-7-2)17-10-8-16(9-11-17)12-14(3)4/h8-11,14-15,18-19H,6-7,12-13H2,1-5H3. The molecule has 1 N–H and O–H groups in total. The van der Waals surface area contributed by atoms with Gasteiger partial charge < -0.3 is 5.32 Å². The smallest absolute Gasteiger partial charge is 0.0411 e. The minimum atomic E-state index is 0.479. The van der Waals surface area contributed by atoms with E-state index in [1.807, 2.05) is 0 Å². The summed E-state index contributed by atoms with van der Waals surface area (Å²) < 4.78 is 0. The Morgan fingerprint density at radius 3 is 2.20 bits per heavy atom. The van der Waals surface area contributed by atoms with Gasteiger partial charge in [-0.25, -0.2) is 0 Å². The summed E-state index contributed by atoms with van der Waals surface area (Å²) in [7, 11) is 0. The quantitative estimate of drug-likeness (QED) is 0.682. The summed E-state index contributed by atoms with van der Waals surface area (Å²) in [5, 5.41) is 4.36. The number of benzene rings is 1. The summed E-state index contributed by atoms with van der Waals surface area (Å²) in [4.78, 5) is 0. The molecular formula is C18H31NS. The van der Waals surface area contributed by atoms with Crippen molar-refractivity contribution in [3.05, 3.63) is 35.4 Å². The van der Waals surface area contributed by atoms with Gasteiger partial charge in [-0.1, -0.05) is 58.9 Å². The van der Waals surface area contributed by atoms with E-state index in [0.29, 0.717) is 6.04 Å². The Balaban J connectivity index is 2.65. The lowest BCUT2D eigenvalue weighted by atomic mass is 10.00. The van der Waals surface area contributed by atoms with Gasteiger partial charge in [0.1, 0.15) is 0 Å². The van der Waals surface area contributed by atoms with Crippen LogP contribution in [0.2, 0.25) is 0 Å². The Morgan fingerprint density at radius 2 is 1.70 bits per heavy atom. The molecule has 0 aliphatic rings. The van der Waals surface area contributed by atoms with Crippen LogP contribution in [0.15, 0.2) is 24.3 Å². The maximum atomic E-state index is 3.62. The monoisotopic (exact) mass is 293 g/mol. The predicted octanol–water partition coefficient (Wildman–Crippen LogP) is 5.07. The van der Waals surface area contributed by atoms with Crippen LogP contribution in [0.4, 0.5) is 0 Å². The molecular weight excluding hydrogens is 262 g/mol. The average molecular weight is 294 g/mol. The fourth-order valence-electron chi connectivity index (χ4n) is 2.26. The number of hydrogen-bond donors (Lipinski definition) is 1. The SMILES string of the molecule is CCNC(CSC(C)CC)c1ccc(CC(C)C)cc1. The minimum Gasteiger partial charge on any atom is -0.310 e. The third-order valence-corrected chi connectivity index (χ3v) is 5.03. The highest BCUT2D eigenvalue weighted by Gasteiger charge is 2.12. The van der Waals surface area contributed by atoms with E-state index >= 15 is 0 Å². The summed E-state index contributed by atoms with van der Waals surface area (Å²) in [5.74, 6) is 1.89. The van der Waals surface area contributed by atoms with Crippen molar-refractivity contribution in [3.63, 3.8) is 0 Å². The van der Waals surface area contributed by atoms with Crippen LogP contribution in [-0.4, -0.2) is 17.5 Å². The van der Waals surface area contributed by atoms with Crippen LogP contribution < -0.4 is 5.32 Å². The number of hydrogen-bond acceptors (Lipinski definition) is 2. The molecule has 0 saturated heterocycles. The molecule has 0 bridgehead atoms. The van der Waals surface area contributed by atoms with Gasteiger partial charge in [0.05, 0.1) is 0 Å². The maximum absolute atomic E-state index is 3.62. The molecule has 1 aromatic rings. The molecule has 0 aromatic heterocycles. The van der Waals surface area contributed by atoms with Gasteiger partial charge in [-0.05, 0) is 36.4 Å². The second-order valence-corrected chi connectivity index (χ2v) is 7.47. The summed E-state index contributed by atoms with van der Waals surface area (Å²) in [5.41, 5.74) is 2.88. The molecule has 0 spiro atoms. The second-order valence-electron chi connectivity index (χ2n) is 6.00. The lowest BCUT2D eigenvalue weighted by molar-refractivity contribution is 0.603. The lowest BCUT2D eigenvalue weighted by Gasteiger charge is -2.20. The van der Waals surface area contributed by atoms with Gasteiger partial charge in [-0.2, -0.15) is 11.8 Å². The highest BCUT2D eigenvalue weighted by atomic mass is 32.2. The Bertz CT molecular complexity index is 358. The zero-order valence-corrected chi connectivity index (χ0v) is 14.6. The highest BCUT2D eigenvalue weighted by Crippen LogP contribution is 2.23. The van der Waals surface area contributed by atoms with E-state index in [-0.39, 0.29) is 0 Å². The average Bonchev–Trinajstić information content (AvgIpc) is 2.43.